The summed E-state index contributed by atoms with van der Waals surface area (Å²) < 4.78 is 0. The molecule has 110 valence electrons. The lowest BCUT2D eigenvalue weighted by Gasteiger charge is -2.46. The zero-order valence-electron chi connectivity index (χ0n) is 12.1. The quantitative estimate of drug-likeness (QED) is 0.853. The molecule has 0 spiro atoms. The maximum Gasteiger partial charge on any atom is 0.0888 e. The molecule has 2 fully saturated rings. The molecule has 5 heteroatoms. The largest absolute Gasteiger partial charge is 0.313 e. The predicted octanol–water partition coefficient (Wildman–Crippen LogP) is 0.786. The van der Waals surface area contributed by atoms with Crippen LogP contribution in [0.3, 0.4) is 0 Å². The summed E-state index contributed by atoms with van der Waals surface area (Å²) in [7, 11) is 0. The average Bonchev–Trinajstić information content (AvgIpc) is 2.56. The van der Waals surface area contributed by atoms with Gasteiger partial charge in [-0.3, -0.25) is 15.3 Å². The number of pyridine rings is 1. The second-order valence-electron chi connectivity index (χ2n) is 5.75. The van der Waals surface area contributed by atoms with Gasteiger partial charge in [0.15, 0.2) is 0 Å². The van der Waals surface area contributed by atoms with Crippen molar-refractivity contribution in [3.05, 3.63) is 42.1 Å². The van der Waals surface area contributed by atoms with E-state index < -0.39 is 0 Å². The Bertz CT molecular complexity index is 622. The number of nitrogens with zero attached hydrogens (tertiary/aromatic N) is 3. The molecule has 21 heavy (non-hydrogen) atoms. The number of hydrazine groups is 1. The molecular formula is C16H21N5. The number of aromatic nitrogens is 1. The van der Waals surface area contributed by atoms with Gasteiger partial charge in [-0.25, -0.2) is 5.01 Å². The number of hydrogen-bond acceptors (Lipinski definition) is 5. The van der Waals surface area contributed by atoms with E-state index in [1.54, 1.807) is 0 Å². The molecule has 2 aliphatic heterocycles. The molecule has 3 heterocycles. The lowest BCUT2D eigenvalue weighted by molar-refractivity contribution is -0.0507. The van der Waals surface area contributed by atoms with E-state index >= 15 is 0 Å². The van der Waals surface area contributed by atoms with Crippen LogP contribution in [0.2, 0.25) is 0 Å². The number of rotatable bonds is 2. The third-order valence-electron chi connectivity index (χ3n) is 4.45. The van der Waals surface area contributed by atoms with Gasteiger partial charge in [0.25, 0.3) is 0 Å². The fraction of sp³-hybridized carbons (Fsp3) is 0.438. The lowest BCUT2D eigenvalue weighted by atomic mass is 10.1. The van der Waals surface area contributed by atoms with Crippen molar-refractivity contribution in [2.45, 2.75) is 12.7 Å². The number of fused-ring (bicyclic) bond motifs is 2. The minimum absolute atomic E-state index is 0.437. The smallest absolute Gasteiger partial charge is 0.0888 e. The summed E-state index contributed by atoms with van der Waals surface area (Å²) >= 11 is 0. The van der Waals surface area contributed by atoms with Gasteiger partial charge in [0, 0.05) is 50.9 Å². The minimum atomic E-state index is 0.437. The number of para-hydroxylation sites is 1. The number of benzene rings is 1. The maximum atomic E-state index is 4.57. The molecule has 0 amide bonds. The van der Waals surface area contributed by atoms with Gasteiger partial charge in [-0.1, -0.05) is 24.3 Å². The molecule has 1 aromatic carbocycles. The van der Waals surface area contributed by atoms with Gasteiger partial charge in [0.1, 0.15) is 0 Å². The van der Waals surface area contributed by atoms with Crippen LogP contribution >= 0.6 is 0 Å². The van der Waals surface area contributed by atoms with Gasteiger partial charge < -0.3 is 5.32 Å². The number of nitrogens with one attached hydrogen (secondary N) is 2. The van der Waals surface area contributed by atoms with Crippen molar-refractivity contribution in [3.63, 3.8) is 0 Å². The summed E-state index contributed by atoms with van der Waals surface area (Å²) in [6.45, 7) is 6.30. The van der Waals surface area contributed by atoms with E-state index in [-0.39, 0.29) is 0 Å². The van der Waals surface area contributed by atoms with Crippen LogP contribution in [0.1, 0.15) is 5.56 Å². The van der Waals surface area contributed by atoms with Gasteiger partial charge in [0.2, 0.25) is 0 Å². The molecule has 0 saturated carbocycles. The van der Waals surface area contributed by atoms with Crippen LogP contribution in [-0.4, -0.2) is 53.8 Å². The lowest BCUT2D eigenvalue weighted by Crippen LogP contribution is -2.67. The van der Waals surface area contributed by atoms with Crippen LogP contribution in [0.5, 0.6) is 0 Å². The zero-order valence-corrected chi connectivity index (χ0v) is 12.1. The van der Waals surface area contributed by atoms with Gasteiger partial charge >= 0.3 is 0 Å². The van der Waals surface area contributed by atoms with Crippen molar-refractivity contribution >= 4 is 10.9 Å². The molecule has 2 saturated heterocycles. The van der Waals surface area contributed by atoms with Gasteiger partial charge in [-0.05, 0) is 11.6 Å². The Morgan fingerprint density at radius 3 is 3.05 bits per heavy atom. The first-order chi connectivity index (χ1) is 10.4. The summed E-state index contributed by atoms with van der Waals surface area (Å²) in [5.74, 6) is 0. The normalized spacial score (nSPS) is 24.1. The fourth-order valence-corrected chi connectivity index (χ4v) is 3.38. The van der Waals surface area contributed by atoms with Crippen molar-refractivity contribution in [2.24, 2.45) is 0 Å². The second-order valence-corrected chi connectivity index (χ2v) is 5.75. The van der Waals surface area contributed by atoms with Crippen molar-refractivity contribution in [2.75, 3.05) is 32.7 Å². The monoisotopic (exact) mass is 283 g/mol. The topological polar surface area (TPSA) is 43.4 Å². The zero-order chi connectivity index (χ0) is 14.1. The summed E-state index contributed by atoms with van der Waals surface area (Å²) in [5.41, 5.74) is 5.95. The minimum Gasteiger partial charge on any atom is -0.313 e. The fourth-order valence-electron chi connectivity index (χ4n) is 3.38. The molecule has 0 aliphatic carbocycles. The Labute approximate surface area is 124 Å². The van der Waals surface area contributed by atoms with Crippen LogP contribution in [0, 0.1) is 0 Å². The molecule has 0 radical (unpaired) electrons. The molecule has 1 unspecified atom stereocenters. The first-order valence-corrected chi connectivity index (χ1v) is 7.69. The maximum absolute atomic E-state index is 4.57. The summed E-state index contributed by atoms with van der Waals surface area (Å²) in [6, 6.07) is 10.6. The Morgan fingerprint density at radius 2 is 2.05 bits per heavy atom. The van der Waals surface area contributed by atoms with Crippen molar-refractivity contribution in [1.29, 1.82) is 0 Å². The van der Waals surface area contributed by atoms with E-state index in [1.165, 1.54) is 10.9 Å². The summed E-state index contributed by atoms with van der Waals surface area (Å²) in [6.07, 6.45) is 2.32. The van der Waals surface area contributed by atoms with Crippen LogP contribution in [0.25, 0.3) is 10.9 Å². The van der Waals surface area contributed by atoms with Crippen LogP contribution in [-0.2, 0) is 6.54 Å². The van der Waals surface area contributed by atoms with E-state index in [1.807, 2.05) is 12.3 Å². The molecule has 4 rings (SSSR count). The molecule has 2 N–H and O–H groups in total. The molecule has 2 aromatic rings. The van der Waals surface area contributed by atoms with Gasteiger partial charge in [-0.2, -0.15) is 0 Å². The highest BCUT2D eigenvalue weighted by Gasteiger charge is 2.31. The van der Waals surface area contributed by atoms with E-state index in [2.05, 4.69) is 49.9 Å². The van der Waals surface area contributed by atoms with Crippen LogP contribution < -0.4 is 10.7 Å². The standard InChI is InChI=1S/C16H21N5/c1-3-13-5-2-6-18-16(13)14(4-1)12-21-15-11-17-7-9-20(15)10-8-19-21/h1-6,15,17,19H,7-12H2. The van der Waals surface area contributed by atoms with E-state index in [9.17, 15) is 0 Å². The van der Waals surface area contributed by atoms with E-state index in [0.29, 0.717) is 6.17 Å². The predicted molar refractivity (Wildman–Crippen MR) is 83.5 cm³/mol. The molecule has 0 bridgehead atoms. The van der Waals surface area contributed by atoms with Gasteiger partial charge in [0.05, 0.1) is 11.7 Å². The Kier molecular flexibility index (Phi) is 3.57. The molecule has 1 atom stereocenters. The van der Waals surface area contributed by atoms with Crippen molar-refractivity contribution < 1.29 is 0 Å². The Balaban J connectivity index is 1.61. The highest BCUT2D eigenvalue weighted by molar-refractivity contribution is 5.81. The van der Waals surface area contributed by atoms with Crippen molar-refractivity contribution in [3.8, 4) is 0 Å². The van der Waals surface area contributed by atoms with E-state index in [0.717, 1.165) is 44.8 Å². The third kappa shape index (κ3) is 2.53. The number of hydrogen-bond donors (Lipinski definition) is 2. The first kappa shape index (κ1) is 13.2. The average molecular weight is 283 g/mol. The summed E-state index contributed by atoms with van der Waals surface area (Å²) in [5, 5.41) is 7.07. The Hall–Kier alpha value is -1.53. The van der Waals surface area contributed by atoms with Crippen LogP contribution in [0.4, 0.5) is 0 Å². The molecule has 2 aliphatic rings. The van der Waals surface area contributed by atoms with Gasteiger partial charge in [-0.15, -0.1) is 0 Å². The highest BCUT2D eigenvalue weighted by Crippen LogP contribution is 2.20. The highest BCUT2D eigenvalue weighted by atomic mass is 15.6. The Morgan fingerprint density at radius 1 is 1.14 bits per heavy atom. The molecular weight excluding hydrogens is 262 g/mol. The summed E-state index contributed by atoms with van der Waals surface area (Å²) in [4.78, 5) is 7.13. The molecule has 5 nitrogen and oxygen atoms in total. The van der Waals surface area contributed by atoms with Crippen LogP contribution in [0.15, 0.2) is 36.5 Å². The molecule has 1 aromatic heterocycles. The first-order valence-electron chi connectivity index (χ1n) is 7.69. The van der Waals surface area contributed by atoms with Crippen molar-refractivity contribution in [1.82, 2.24) is 25.6 Å². The SMILES string of the molecule is c1cnc2c(CN3NCCN4CCNCC43)cccc2c1. The number of piperazine rings is 1. The van der Waals surface area contributed by atoms with E-state index in [4.69, 9.17) is 0 Å². The second kappa shape index (κ2) is 5.69. The third-order valence-corrected chi connectivity index (χ3v) is 4.45.